The number of hydrogen-bond acceptors (Lipinski definition) is 3. The maximum atomic E-state index is 13.4. The molecular weight excluding hydrogens is 238 g/mol. The van der Waals surface area contributed by atoms with Gasteiger partial charge in [0.25, 0.3) is 0 Å². The van der Waals surface area contributed by atoms with Crippen LogP contribution in [-0.4, -0.2) is 15.0 Å². The first-order chi connectivity index (χ1) is 8.60. The van der Waals surface area contributed by atoms with Crippen LogP contribution in [0.2, 0.25) is 0 Å². The predicted molar refractivity (Wildman–Crippen MR) is 62.7 cm³/mol. The minimum atomic E-state index is -0.594. The Morgan fingerprint density at radius 2 is 2.17 bits per heavy atom. The summed E-state index contributed by atoms with van der Waals surface area (Å²) in [5, 5.41) is 7.79. The Morgan fingerprint density at radius 1 is 1.39 bits per heavy atom. The van der Waals surface area contributed by atoms with Crippen LogP contribution in [0.3, 0.4) is 0 Å². The van der Waals surface area contributed by atoms with E-state index in [4.69, 9.17) is 5.73 Å². The van der Waals surface area contributed by atoms with Crippen LogP contribution < -0.4 is 5.73 Å². The fourth-order valence-electron chi connectivity index (χ4n) is 1.59. The molecule has 0 aliphatic carbocycles. The summed E-state index contributed by atoms with van der Waals surface area (Å²) >= 11 is 0. The first-order valence-electron chi connectivity index (χ1n) is 5.69. The summed E-state index contributed by atoms with van der Waals surface area (Å²) in [6.07, 6.45) is 2.43. The second-order valence-electron chi connectivity index (χ2n) is 4.09. The van der Waals surface area contributed by atoms with Gasteiger partial charge >= 0.3 is 0 Å². The summed E-state index contributed by atoms with van der Waals surface area (Å²) in [6, 6.07) is 3.29. The molecule has 1 unspecified atom stereocenters. The van der Waals surface area contributed by atoms with E-state index in [9.17, 15) is 8.78 Å². The van der Waals surface area contributed by atoms with E-state index in [0.717, 1.165) is 12.5 Å². The van der Waals surface area contributed by atoms with Crippen molar-refractivity contribution < 1.29 is 8.78 Å². The quantitative estimate of drug-likeness (QED) is 0.905. The maximum absolute atomic E-state index is 13.4. The van der Waals surface area contributed by atoms with Gasteiger partial charge in [0.1, 0.15) is 11.6 Å². The lowest BCUT2D eigenvalue weighted by Gasteiger charge is -2.03. The first-order valence-corrected chi connectivity index (χ1v) is 5.69. The molecule has 2 N–H and O–H groups in total. The van der Waals surface area contributed by atoms with Crippen molar-refractivity contribution in [2.45, 2.75) is 25.9 Å². The number of halogens is 2. The van der Waals surface area contributed by atoms with Crippen molar-refractivity contribution >= 4 is 0 Å². The number of aromatic nitrogens is 3. The zero-order valence-electron chi connectivity index (χ0n) is 9.98. The lowest BCUT2D eigenvalue weighted by molar-refractivity contribution is 0.554. The van der Waals surface area contributed by atoms with Crippen LogP contribution in [0.5, 0.6) is 0 Å². The minimum absolute atomic E-state index is 0.170. The summed E-state index contributed by atoms with van der Waals surface area (Å²) in [6.45, 7) is 2.15. The van der Waals surface area contributed by atoms with E-state index in [-0.39, 0.29) is 12.6 Å². The fourth-order valence-corrected chi connectivity index (χ4v) is 1.59. The third-order valence-corrected chi connectivity index (χ3v) is 2.72. The highest BCUT2D eigenvalue weighted by Gasteiger charge is 2.10. The van der Waals surface area contributed by atoms with Crippen LogP contribution in [-0.2, 0) is 6.54 Å². The molecule has 18 heavy (non-hydrogen) atoms. The summed E-state index contributed by atoms with van der Waals surface area (Å²) < 4.78 is 27.7. The van der Waals surface area contributed by atoms with Crippen molar-refractivity contribution in [2.24, 2.45) is 5.73 Å². The van der Waals surface area contributed by atoms with Gasteiger partial charge in [-0.05, 0) is 12.5 Å². The molecular formula is C12H14F2N4. The van der Waals surface area contributed by atoms with Crippen LogP contribution in [0.15, 0.2) is 24.4 Å². The summed E-state index contributed by atoms with van der Waals surface area (Å²) in [4.78, 5) is 0. The van der Waals surface area contributed by atoms with E-state index in [2.05, 4.69) is 10.3 Å². The zero-order chi connectivity index (χ0) is 13.1. The lowest BCUT2D eigenvalue weighted by atomic mass is 10.2. The normalized spacial score (nSPS) is 12.7. The van der Waals surface area contributed by atoms with E-state index >= 15 is 0 Å². The molecule has 0 radical (unpaired) electrons. The van der Waals surface area contributed by atoms with Gasteiger partial charge in [-0.1, -0.05) is 18.2 Å². The lowest BCUT2D eigenvalue weighted by Crippen LogP contribution is -2.08. The molecule has 0 bridgehead atoms. The molecule has 0 saturated heterocycles. The molecule has 0 aliphatic rings. The van der Waals surface area contributed by atoms with Crippen LogP contribution in [0.1, 0.15) is 30.6 Å². The number of nitrogens with two attached hydrogens (primary N) is 1. The molecule has 2 aromatic rings. The Morgan fingerprint density at radius 3 is 2.83 bits per heavy atom. The molecule has 1 aromatic carbocycles. The molecule has 1 atom stereocenters. The van der Waals surface area contributed by atoms with E-state index in [1.54, 1.807) is 6.20 Å². The topological polar surface area (TPSA) is 56.7 Å². The average molecular weight is 252 g/mol. The monoisotopic (exact) mass is 252 g/mol. The van der Waals surface area contributed by atoms with Gasteiger partial charge in [-0.15, -0.1) is 5.10 Å². The van der Waals surface area contributed by atoms with Crippen molar-refractivity contribution in [1.29, 1.82) is 0 Å². The number of rotatable bonds is 4. The van der Waals surface area contributed by atoms with Gasteiger partial charge in [-0.2, -0.15) is 0 Å². The van der Waals surface area contributed by atoms with E-state index in [1.807, 2.05) is 6.92 Å². The van der Waals surface area contributed by atoms with Crippen molar-refractivity contribution in [3.8, 4) is 0 Å². The Kier molecular flexibility index (Phi) is 3.66. The second kappa shape index (κ2) is 5.22. The van der Waals surface area contributed by atoms with Crippen LogP contribution >= 0.6 is 0 Å². The molecule has 2 rings (SSSR count). The van der Waals surface area contributed by atoms with Gasteiger partial charge in [0, 0.05) is 11.6 Å². The molecule has 1 heterocycles. The molecule has 4 nitrogen and oxygen atoms in total. The van der Waals surface area contributed by atoms with E-state index in [0.29, 0.717) is 11.3 Å². The number of hydrogen-bond donors (Lipinski definition) is 1. The fraction of sp³-hybridized carbons (Fsp3) is 0.333. The van der Waals surface area contributed by atoms with Crippen LogP contribution in [0.4, 0.5) is 8.78 Å². The van der Waals surface area contributed by atoms with Crippen LogP contribution in [0, 0.1) is 11.6 Å². The van der Waals surface area contributed by atoms with Crippen molar-refractivity contribution in [3.05, 3.63) is 47.3 Å². The van der Waals surface area contributed by atoms with Gasteiger partial charge < -0.3 is 5.73 Å². The van der Waals surface area contributed by atoms with Crippen molar-refractivity contribution in [1.82, 2.24) is 15.0 Å². The highest BCUT2D eigenvalue weighted by molar-refractivity contribution is 5.18. The first kappa shape index (κ1) is 12.6. The van der Waals surface area contributed by atoms with E-state index < -0.39 is 11.6 Å². The Balaban J connectivity index is 2.16. The van der Waals surface area contributed by atoms with Gasteiger partial charge in [-0.25, -0.2) is 13.5 Å². The predicted octanol–water partition coefficient (Wildman–Crippen LogP) is 2.01. The highest BCUT2D eigenvalue weighted by Crippen LogP contribution is 2.13. The largest absolute Gasteiger partial charge is 0.323 e. The number of benzene rings is 1. The van der Waals surface area contributed by atoms with Crippen molar-refractivity contribution in [3.63, 3.8) is 0 Å². The molecule has 0 spiro atoms. The molecule has 0 fully saturated rings. The Hall–Kier alpha value is -1.82. The standard InChI is InChI=1S/C12H14F2N4/c1-2-11(15)12-7-18(17-16-12)6-8-3-4-9(13)5-10(8)14/h3-5,7,11H,2,6,15H2,1H3. The molecule has 1 aromatic heterocycles. The Labute approximate surface area is 103 Å². The van der Waals surface area contributed by atoms with E-state index in [1.165, 1.54) is 16.8 Å². The molecule has 96 valence electrons. The van der Waals surface area contributed by atoms with Gasteiger partial charge in [-0.3, -0.25) is 0 Å². The second-order valence-corrected chi connectivity index (χ2v) is 4.09. The van der Waals surface area contributed by atoms with Gasteiger partial charge in [0.15, 0.2) is 0 Å². The molecule has 0 amide bonds. The molecule has 0 aliphatic heterocycles. The zero-order valence-corrected chi connectivity index (χ0v) is 9.98. The summed E-state index contributed by atoms with van der Waals surface area (Å²) in [7, 11) is 0. The Bertz CT molecular complexity index is 539. The highest BCUT2D eigenvalue weighted by atomic mass is 19.1. The third kappa shape index (κ3) is 2.70. The maximum Gasteiger partial charge on any atom is 0.131 e. The average Bonchev–Trinajstić information content (AvgIpc) is 2.80. The molecule has 6 heteroatoms. The van der Waals surface area contributed by atoms with Crippen molar-refractivity contribution in [2.75, 3.05) is 0 Å². The third-order valence-electron chi connectivity index (χ3n) is 2.72. The summed E-state index contributed by atoms with van der Waals surface area (Å²) in [5.74, 6) is -1.18. The van der Waals surface area contributed by atoms with Gasteiger partial charge in [0.05, 0.1) is 24.5 Å². The van der Waals surface area contributed by atoms with Gasteiger partial charge in [0.2, 0.25) is 0 Å². The minimum Gasteiger partial charge on any atom is -0.323 e. The van der Waals surface area contributed by atoms with Crippen LogP contribution in [0.25, 0.3) is 0 Å². The smallest absolute Gasteiger partial charge is 0.131 e. The SMILES string of the molecule is CCC(N)c1cn(Cc2ccc(F)cc2F)nn1. The molecule has 0 saturated carbocycles. The number of nitrogens with zero attached hydrogens (tertiary/aromatic N) is 3. The summed E-state index contributed by atoms with van der Waals surface area (Å²) in [5.41, 5.74) is 6.84.